The molecule has 0 bridgehead atoms. The van der Waals surface area contributed by atoms with Crippen molar-refractivity contribution in [1.82, 2.24) is 15.3 Å². The van der Waals surface area contributed by atoms with Gasteiger partial charge in [0.25, 0.3) is 0 Å². The number of hydrogen-bond acceptors (Lipinski definition) is 4. The predicted octanol–water partition coefficient (Wildman–Crippen LogP) is 2.11. The van der Waals surface area contributed by atoms with Crippen LogP contribution >= 0.6 is 0 Å². The number of ether oxygens (including phenoxy) is 1. The van der Waals surface area contributed by atoms with Crippen molar-refractivity contribution in [2.45, 2.75) is 46.6 Å². The Labute approximate surface area is 104 Å². The average Bonchev–Trinajstić information content (AvgIpc) is 2.27. The summed E-state index contributed by atoms with van der Waals surface area (Å²) in [6.07, 6.45) is 1.90. The zero-order chi connectivity index (χ0) is 12.7. The highest BCUT2D eigenvalue weighted by Crippen LogP contribution is 2.09. The van der Waals surface area contributed by atoms with Gasteiger partial charge in [-0.1, -0.05) is 20.8 Å². The third kappa shape index (κ3) is 5.63. The van der Waals surface area contributed by atoms with E-state index < -0.39 is 0 Å². The lowest BCUT2D eigenvalue weighted by Gasteiger charge is -2.09. The maximum Gasteiger partial charge on any atom is 0.216 e. The molecule has 0 saturated carbocycles. The van der Waals surface area contributed by atoms with Crippen molar-refractivity contribution >= 4 is 0 Å². The van der Waals surface area contributed by atoms with E-state index in [4.69, 9.17) is 4.74 Å². The lowest BCUT2D eigenvalue weighted by molar-refractivity contribution is 0.293. The maximum absolute atomic E-state index is 5.62. The van der Waals surface area contributed by atoms with Gasteiger partial charge in [-0.15, -0.1) is 0 Å². The van der Waals surface area contributed by atoms with Crippen LogP contribution in [0, 0.1) is 6.92 Å². The Morgan fingerprint density at radius 3 is 2.76 bits per heavy atom. The number of aryl methyl sites for hydroxylation is 2. The number of hydrogen-bond donors (Lipinski definition) is 1. The van der Waals surface area contributed by atoms with Crippen LogP contribution in [0.15, 0.2) is 6.07 Å². The molecule has 1 aromatic heterocycles. The molecule has 96 valence electrons. The quantitative estimate of drug-likeness (QED) is 0.738. The zero-order valence-corrected chi connectivity index (χ0v) is 11.3. The summed E-state index contributed by atoms with van der Waals surface area (Å²) in [6.45, 7) is 9.93. The van der Waals surface area contributed by atoms with Crippen LogP contribution in [0.2, 0.25) is 0 Å². The van der Waals surface area contributed by atoms with Gasteiger partial charge in [0.05, 0.1) is 6.61 Å². The summed E-state index contributed by atoms with van der Waals surface area (Å²) in [4.78, 5) is 8.58. The molecule has 0 aliphatic rings. The number of nitrogens with one attached hydrogen (secondary N) is 1. The molecule has 0 radical (unpaired) electrons. The van der Waals surface area contributed by atoms with Gasteiger partial charge in [0, 0.05) is 17.8 Å². The van der Waals surface area contributed by atoms with Crippen LogP contribution in [0.4, 0.5) is 0 Å². The van der Waals surface area contributed by atoms with Crippen molar-refractivity contribution in [2.24, 2.45) is 0 Å². The molecule has 0 saturated heterocycles. The van der Waals surface area contributed by atoms with Crippen molar-refractivity contribution < 1.29 is 4.74 Å². The number of rotatable bonds is 7. The van der Waals surface area contributed by atoms with E-state index in [0.717, 1.165) is 30.9 Å². The Balaban J connectivity index is 2.33. The van der Waals surface area contributed by atoms with Crippen molar-refractivity contribution in [3.05, 3.63) is 17.6 Å². The molecule has 0 atom stereocenters. The highest BCUT2D eigenvalue weighted by atomic mass is 16.5. The van der Waals surface area contributed by atoms with E-state index in [9.17, 15) is 0 Å². The molecule has 1 N–H and O–H groups in total. The van der Waals surface area contributed by atoms with Gasteiger partial charge in [-0.25, -0.2) is 4.98 Å². The summed E-state index contributed by atoms with van der Waals surface area (Å²) in [5, 5.41) is 3.35. The number of nitrogens with zero attached hydrogens (tertiary/aromatic N) is 2. The van der Waals surface area contributed by atoms with Crippen molar-refractivity contribution in [3.8, 4) is 5.88 Å². The van der Waals surface area contributed by atoms with Crippen LogP contribution in [0.25, 0.3) is 0 Å². The van der Waals surface area contributed by atoms with E-state index in [1.165, 1.54) is 0 Å². The number of aromatic nitrogens is 2. The fourth-order valence-electron chi connectivity index (χ4n) is 1.49. The molecule has 0 spiro atoms. The van der Waals surface area contributed by atoms with E-state index in [-0.39, 0.29) is 0 Å². The molecule has 17 heavy (non-hydrogen) atoms. The van der Waals surface area contributed by atoms with Crippen molar-refractivity contribution in [1.29, 1.82) is 0 Å². The normalized spacial score (nSPS) is 10.9. The van der Waals surface area contributed by atoms with Gasteiger partial charge in [0.15, 0.2) is 0 Å². The topological polar surface area (TPSA) is 47.0 Å². The van der Waals surface area contributed by atoms with Crippen molar-refractivity contribution in [2.75, 3.05) is 13.2 Å². The minimum atomic E-state index is 0.531. The van der Waals surface area contributed by atoms with E-state index >= 15 is 0 Å². The molecular formula is C13H23N3O. The molecular weight excluding hydrogens is 214 g/mol. The maximum atomic E-state index is 5.62. The lowest BCUT2D eigenvalue weighted by atomic mass is 10.3. The molecule has 0 aromatic carbocycles. The first-order valence-corrected chi connectivity index (χ1v) is 6.32. The molecule has 0 amide bonds. The molecule has 4 nitrogen and oxygen atoms in total. The summed E-state index contributed by atoms with van der Waals surface area (Å²) in [7, 11) is 0. The van der Waals surface area contributed by atoms with Gasteiger partial charge in [-0.05, 0) is 26.3 Å². The Morgan fingerprint density at radius 1 is 1.35 bits per heavy atom. The van der Waals surface area contributed by atoms with Crippen LogP contribution in [0.3, 0.4) is 0 Å². The van der Waals surface area contributed by atoms with Gasteiger partial charge in [-0.2, -0.15) is 4.98 Å². The first-order chi connectivity index (χ1) is 8.11. The van der Waals surface area contributed by atoms with Crippen LogP contribution in [-0.4, -0.2) is 29.2 Å². The zero-order valence-electron chi connectivity index (χ0n) is 11.3. The summed E-state index contributed by atoms with van der Waals surface area (Å²) in [6, 6.07) is 2.45. The molecule has 0 fully saturated rings. The average molecular weight is 237 g/mol. The second-order valence-electron chi connectivity index (χ2n) is 4.41. The fourth-order valence-corrected chi connectivity index (χ4v) is 1.49. The predicted molar refractivity (Wildman–Crippen MR) is 69.4 cm³/mol. The second kappa shape index (κ2) is 7.22. The highest BCUT2D eigenvalue weighted by Gasteiger charge is 2.01. The summed E-state index contributed by atoms with van der Waals surface area (Å²) >= 11 is 0. The third-order valence-corrected chi connectivity index (χ3v) is 2.35. The van der Waals surface area contributed by atoms with Crippen LogP contribution in [0.1, 0.15) is 38.7 Å². The Morgan fingerprint density at radius 2 is 2.12 bits per heavy atom. The van der Waals surface area contributed by atoms with Gasteiger partial charge in [0.2, 0.25) is 5.88 Å². The smallest absolute Gasteiger partial charge is 0.216 e. The van der Waals surface area contributed by atoms with E-state index in [0.29, 0.717) is 18.5 Å². The monoisotopic (exact) mass is 237 g/mol. The second-order valence-corrected chi connectivity index (χ2v) is 4.41. The summed E-state index contributed by atoms with van der Waals surface area (Å²) < 4.78 is 5.62. The molecule has 0 unspecified atom stereocenters. The van der Waals surface area contributed by atoms with E-state index in [1.54, 1.807) is 0 Å². The van der Waals surface area contributed by atoms with Crippen LogP contribution in [-0.2, 0) is 6.42 Å². The first kappa shape index (κ1) is 13.9. The first-order valence-electron chi connectivity index (χ1n) is 6.32. The Kier molecular flexibility index (Phi) is 5.91. The Hall–Kier alpha value is -1.16. The summed E-state index contributed by atoms with van der Waals surface area (Å²) in [5.41, 5.74) is 1.04. The molecule has 1 heterocycles. The molecule has 0 aliphatic heterocycles. The van der Waals surface area contributed by atoms with Crippen LogP contribution in [0.5, 0.6) is 5.88 Å². The van der Waals surface area contributed by atoms with Gasteiger partial charge < -0.3 is 10.1 Å². The van der Waals surface area contributed by atoms with Crippen LogP contribution < -0.4 is 10.1 Å². The molecule has 4 heteroatoms. The third-order valence-electron chi connectivity index (χ3n) is 2.35. The molecule has 0 aliphatic carbocycles. The van der Waals surface area contributed by atoms with Gasteiger partial charge in [0.1, 0.15) is 5.82 Å². The van der Waals surface area contributed by atoms with E-state index in [1.807, 2.05) is 13.0 Å². The lowest BCUT2D eigenvalue weighted by Crippen LogP contribution is -2.24. The molecule has 1 aromatic rings. The fraction of sp³-hybridized carbons (Fsp3) is 0.692. The molecule has 1 rings (SSSR count). The van der Waals surface area contributed by atoms with Gasteiger partial charge in [-0.3, -0.25) is 0 Å². The Bertz CT molecular complexity index is 339. The van der Waals surface area contributed by atoms with Crippen molar-refractivity contribution in [3.63, 3.8) is 0 Å². The SMILES string of the molecule is CCc1cc(OCCCNC(C)C)nc(C)n1. The minimum absolute atomic E-state index is 0.531. The van der Waals surface area contributed by atoms with E-state index in [2.05, 4.69) is 36.1 Å². The highest BCUT2D eigenvalue weighted by molar-refractivity contribution is 5.15. The van der Waals surface area contributed by atoms with Gasteiger partial charge >= 0.3 is 0 Å². The largest absolute Gasteiger partial charge is 0.478 e. The minimum Gasteiger partial charge on any atom is -0.478 e. The standard InChI is InChI=1S/C13H23N3O/c1-5-12-9-13(16-11(4)15-12)17-8-6-7-14-10(2)3/h9-10,14H,5-8H2,1-4H3. The summed E-state index contributed by atoms with van der Waals surface area (Å²) in [5.74, 6) is 1.47.